The van der Waals surface area contributed by atoms with Crippen LogP contribution < -0.4 is 15.4 Å². The van der Waals surface area contributed by atoms with E-state index < -0.39 is 41.3 Å². The molecule has 0 fully saturated rings. The van der Waals surface area contributed by atoms with Gasteiger partial charge in [0.15, 0.2) is 23.5 Å². The summed E-state index contributed by atoms with van der Waals surface area (Å²) in [6.07, 6.45) is -0.623. The molecular formula is C34H35FN4O7. The molecule has 4 bridgehead atoms. The van der Waals surface area contributed by atoms with Gasteiger partial charge in [-0.2, -0.15) is 0 Å². The molecule has 0 radical (unpaired) electrons. The van der Waals surface area contributed by atoms with Gasteiger partial charge in [0.1, 0.15) is 41.1 Å². The number of Topliss-reactive ketones (excluding diaryl/α,β-unsaturated/α-hetero) is 1. The van der Waals surface area contributed by atoms with Gasteiger partial charge in [-0.1, -0.05) is 39.8 Å². The number of ether oxygens (including phenoxy) is 1. The third-order valence-electron chi connectivity index (χ3n) is 9.21. The molecule has 12 heteroatoms. The number of fused-ring (bicyclic) bond motifs is 4. The molecule has 46 heavy (non-hydrogen) atoms. The van der Waals surface area contributed by atoms with Crippen LogP contribution in [0.2, 0.25) is 0 Å². The molecule has 3 aliphatic heterocycles. The zero-order valence-corrected chi connectivity index (χ0v) is 25.8. The molecule has 0 saturated carbocycles. The Morgan fingerprint density at radius 3 is 2.63 bits per heavy atom. The molecule has 4 N–H and O–H groups in total. The van der Waals surface area contributed by atoms with Gasteiger partial charge in [0, 0.05) is 29.2 Å². The molecule has 11 nitrogen and oxygen atoms in total. The number of aromatic nitrogens is 2. The zero-order valence-electron chi connectivity index (χ0n) is 25.8. The van der Waals surface area contributed by atoms with E-state index in [2.05, 4.69) is 15.6 Å². The van der Waals surface area contributed by atoms with Gasteiger partial charge in [-0.15, -0.1) is 0 Å². The van der Waals surface area contributed by atoms with Crippen molar-refractivity contribution in [3.63, 3.8) is 0 Å². The van der Waals surface area contributed by atoms with Gasteiger partial charge in [-0.25, -0.2) is 14.4 Å². The number of oxazole rings is 2. The van der Waals surface area contributed by atoms with Gasteiger partial charge in [0.05, 0.1) is 6.61 Å². The number of aliphatic hydroxyl groups excluding tert-OH is 2. The highest BCUT2D eigenvalue weighted by molar-refractivity contribution is 5.89. The number of ketones is 1. The summed E-state index contributed by atoms with van der Waals surface area (Å²) in [6, 6.07) is 9.23. The first-order chi connectivity index (χ1) is 22.0. The first kappa shape index (κ1) is 30.1. The quantitative estimate of drug-likeness (QED) is 0.231. The Morgan fingerprint density at radius 2 is 1.91 bits per heavy atom. The predicted octanol–water partition coefficient (Wildman–Crippen LogP) is 4.40. The minimum Gasteiger partial charge on any atom is -0.469 e. The zero-order chi connectivity index (χ0) is 32.5. The monoisotopic (exact) mass is 630 g/mol. The van der Waals surface area contributed by atoms with Crippen LogP contribution >= 0.6 is 0 Å². The second kappa shape index (κ2) is 11.1. The standard InChI is InChI=1S/C34H35FN4O7/c1-15(2)26-32-39-27(31-36-20(13-40)14-44-31)29(46-32)34-21-12-19(35)6-7-23(21)37-33(34)45-25-8-5-17(10-22(25)34)9-18(30(43)38-26)11-24(41)28(42)16(3)4/h5-8,10,12,14-16,18,26,28,33,37,40,42H,9,11,13H2,1-4H3,(H,38,43)/t18-,26+,28+,33+,34?/m1/s1. The number of hydrogen-bond acceptors (Lipinski definition) is 10. The summed E-state index contributed by atoms with van der Waals surface area (Å²) >= 11 is 0. The van der Waals surface area contributed by atoms with Crippen LogP contribution in [0.4, 0.5) is 10.1 Å². The number of amides is 1. The third-order valence-corrected chi connectivity index (χ3v) is 9.21. The Labute approximate surface area is 264 Å². The number of carbonyl (C=O) groups is 2. The third kappa shape index (κ3) is 4.61. The lowest BCUT2D eigenvalue weighted by molar-refractivity contribution is -0.135. The fourth-order valence-electron chi connectivity index (χ4n) is 6.80. The summed E-state index contributed by atoms with van der Waals surface area (Å²) in [5.74, 6) is -1.56. The van der Waals surface area contributed by atoms with Gasteiger partial charge in [-0.3, -0.25) is 9.59 Å². The van der Waals surface area contributed by atoms with Crippen LogP contribution in [0.1, 0.15) is 74.2 Å². The van der Waals surface area contributed by atoms with Gasteiger partial charge in [0.25, 0.3) is 0 Å². The van der Waals surface area contributed by atoms with E-state index in [9.17, 15) is 19.8 Å². The molecule has 0 saturated heterocycles. The highest BCUT2D eigenvalue weighted by atomic mass is 19.1. The Balaban J connectivity index is 1.49. The number of nitrogens with one attached hydrogen (secondary N) is 2. The molecule has 7 rings (SSSR count). The van der Waals surface area contributed by atoms with Crippen molar-refractivity contribution >= 4 is 17.4 Å². The summed E-state index contributed by atoms with van der Waals surface area (Å²) in [5.41, 5.74) is 1.82. The average Bonchev–Trinajstić information content (AvgIpc) is 3.79. The van der Waals surface area contributed by atoms with Crippen molar-refractivity contribution < 1.29 is 37.8 Å². The van der Waals surface area contributed by atoms with Crippen LogP contribution in [0.25, 0.3) is 11.6 Å². The number of benzene rings is 2. The first-order valence-corrected chi connectivity index (χ1v) is 15.5. The van der Waals surface area contributed by atoms with E-state index in [0.29, 0.717) is 22.6 Å². The maximum Gasteiger partial charge on any atom is 0.249 e. The highest BCUT2D eigenvalue weighted by Gasteiger charge is 2.61. The number of rotatable bonds is 7. The maximum absolute atomic E-state index is 15.1. The molecule has 1 spiro atoms. The summed E-state index contributed by atoms with van der Waals surface area (Å²) in [4.78, 5) is 36.4. The minimum atomic E-state index is -1.26. The van der Waals surface area contributed by atoms with E-state index in [4.69, 9.17) is 18.6 Å². The summed E-state index contributed by atoms with van der Waals surface area (Å²) in [7, 11) is 0. The Hall–Kier alpha value is -4.55. The van der Waals surface area contributed by atoms with E-state index >= 15 is 4.39 Å². The average molecular weight is 631 g/mol. The largest absolute Gasteiger partial charge is 0.469 e. The molecule has 2 aromatic heterocycles. The van der Waals surface area contributed by atoms with Crippen LogP contribution in [0.3, 0.4) is 0 Å². The maximum atomic E-state index is 15.1. The van der Waals surface area contributed by atoms with Gasteiger partial charge in [0.2, 0.25) is 17.7 Å². The van der Waals surface area contributed by atoms with Crippen LogP contribution in [0.5, 0.6) is 5.75 Å². The molecule has 1 amide bonds. The van der Waals surface area contributed by atoms with E-state index in [1.165, 1.54) is 18.4 Å². The van der Waals surface area contributed by atoms with Crippen molar-refractivity contribution in [2.45, 2.75) is 70.9 Å². The number of hydrogen-bond donors (Lipinski definition) is 4. The second-order valence-corrected chi connectivity index (χ2v) is 13.0. The fourth-order valence-corrected chi connectivity index (χ4v) is 6.80. The first-order valence-electron chi connectivity index (χ1n) is 15.5. The van der Waals surface area contributed by atoms with Gasteiger partial charge < -0.3 is 34.4 Å². The number of carbonyl (C=O) groups excluding carboxylic acids is 2. The van der Waals surface area contributed by atoms with Gasteiger partial charge in [-0.05, 0) is 48.1 Å². The molecule has 240 valence electrons. The molecule has 3 aliphatic rings. The van der Waals surface area contributed by atoms with Crippen molar-refractivity contribution in [3.05, 3.63) is 82.5 Å². The van der Waals surface area contributed by atoms with Crippen molar-refractivity contribution in [2.24, 2.45) is 17.8 Å². The molecule has 0 aliphatic carbocycles. The summed E-state index contributed by atoms with van der Waals surface area (Å²) in [6.45, 7) is 6.94. The Kier molecular flexibility index (Phi) is 7.24. The SMILES string of the molecule is CC(C)[C@H](O)C(=O)C[C@H]1Cc2ccc3c(c2)C2(c4cc(F)ccc4N[C@H]2O3)c2oc(nc2-c2nc(CO)co2)[C@H](C(C)C)NC1=O. The number of nitrogens with zero attached hydrogens (tertiary/aromatic N) is 2. The van der Waals surface area contributed by atoms with Crippen molar-refractivity contribution in [1.29, 1.82) is 0 Å². The molecule has 2 aromatic carbocycles. The highest BCUT2D eigenvalue weighted by Crippen LogP contribution is 2.59. The van der Waals surface area contributed by atoms with Crippen LogP contribution in [-0.2, 0) is 28.0 Å². The normalized spacial score (nSPS) is 23.6. The lowest BCUT2D eigenvalue weighted by atomic mass is 9.72. The molecule has 5 atom stereocenters. The second-order valence-electron chi connectivity index (χ2n) is 13.0. The predicted molar refractivity (Wildman–Crippen MR) is 162 cm³/mol. The van der Waals surface area contributed by atoms with Crippen LogP contribution in [-0.4, -0.2) is 44.2 Å². The van der Waals surface area contributed by atoms with E-state index in [0.717, 1.165) is 5.56 Å². The van der Waals surface area contributed by atoms with Crippen molar-refractivity contribution in [2.75, 3.05) is 5.32 Å². The number of anilines is 1. The van der Waals surface area contributed by atoms with Crippen LogP contribution in [0.15, 0.2) is 51.5 Å². The van der Waals surface area contributed by atoms with Crippen molar-refractivity contribution in [3.8, 4) is 17.3 Å². The summed E-state index contributed by atoms with van der Waals surface area (Å²) in [5, 5.41) is 26.7. The lowest BCUT2D eigenvalue weighted by Gasteiger charge is -2.28. The van der Waals surface area contributed by atoms with Gasteiger partial charge >= 0.3 is 0 Å². The molecule has 1 unspecified atom stereocenters. The topological polar surface area (TPSA) is 160 Å². The fraction of sp³-hybridized carbons (Fsp3) is 0.412. The molecule has 4 aromatic rings. The van der Waals surface area contributed by atoms with E-state index in [1.807, 2.05) is 26.0 Å². The van der Waals surface area contributed by atoms with E-state index in [1.54, 1.807) is 26.0 Å². The Bertz CT molecular complexity index is 1850. The Morgan fingerprint density at radius 1 is 1.11 bits per heavy atom. The minimum absolute atomic E-state index is 0.0754. The number of halogens is 1. The molecule has 5 heterocycles. The smallest absolute Gasteiger partial charge is 0.249 e. The molecular weight excluding hydrogens is 595 g/mol. The summed E-state index contributed by atoms with van der Waals surface area (Å²) < 4.78 is 34.0. The van der Waals surface area contributed by atoms with E-state index in [-0.39, 0.29) is 66.1 Å². The van der Waals surface area contributed by atoms with Crippen molar-refractivity contribution in [1.82, 2.24) is 15.3 Å². The number of aliphatic hydroxyl groups is 2. The van der Waals surface area contributed by atoms with Crippen LogP contribution in [0, 0.1) is 23.6 Å². The lowest BCUT2D eigenvalue weighted by Crippen LogP contribution is -2.41.